The third kappa shape index (κ3) is 3.01. The van der Waals surface area contributed by atoms with Gasteiger partial charge in [0.05, 0.1) is 16.8 Å². The van der Waals surface area contributed by atoms with Crippen LogP contribution in [0.25, 0.3) is 0 Å². The second kappa shape index (κ2) is 6.15. The maximum absolute atomic E-state index is 12.6. The normalized spacial score (nSPS) is 20.4. The molecule has 1 fully saturated rings. The molecule has 0 amide bonds. The zero-order valence-electron chi connectivity index (χ0n) is 13.5. The molecular formula is C18H20F3NO2. The van der Waals surface area contributed by atoms with Crippen molar-refractivity contribution in [3.05, 3.63) is 46.7 Å². The van der Waals surface area contributed by atoms with Crippen LogP contribution in [0.4, 0.5) is 13.2 Å². The molecule has 24 heavy (non-hydrogen) atoms. The molecule has 0 radical (unpaired) electrons. The Bertz CT molecular complexity index is 656. The Morgan fingerprint density at radius 1 is 1.12 bits per heavy atom. The fourth-order valence-corrected chi connectivity index (χ4v) is 3.70. The summed E-state index contributed by atoms with van der Waals surface area (Å²) in [5, 5.41) is 3.11. The molecule has 130 valence electrons. The van der Waals surface area contributed by atoms with Gasteiger partial charge >= 0.3 is 12.1 Å². The van der Waals surface area contributed by atoms with Crippen LogP contribution in [-0.2, 0) is 22.1 Å². The highest BCUT2D eigenvalue weighted by Crippen LogP contribution is 2.43. The van der Waals surface area contributed by atoms with Crippen molar-refractivity contribution in [2.24, 2.45) is 0 Å². The molecule has 1 aromatic carbocycles. The van der Waals surface area contributed by atoms with E-state index in [4.69, 9.17) is 4.74 Å². The molecule has 1 heterocycles. The summed E-state index contributed by atoms with van der Waals surface area (Å²) < 4.78 is 43.6. The first kappa shape index (κ1) is 16.9. The predicted molar refractivity (Wildman–Crippen MR) is 83.1 cm³/mol. The summed E-state index contributed by atoms with van der Waals surface area (Å²) in [7, 11) is 1.76. The quantitative estimate of drug-likeness (QED) is 0.847. The van der Waals surface area contributed by atoms with Crippen molar-refractivity contribution in [2.45, 2.75) is 50.3 Å². The minimum atomic E-state index is -4.35. The summed E-state index contributed by atoms with van der Waals surface area (Å²) in [5.74, 6) is -0.360. The van der Waals surface area contributed by atoms with Crippen molar-refractivity contribution in [3.8, 4) is 0 Å². The second-order valence-electron chi connectivity index (χ2n) is 6.42. The van der Waals surface area contributed by atoms with Crippen LogP contribution in [0.1, 0.15) is 43.2 Å². The summed E-state index contributed by atoms with van der Waals surface area (Å²) in [4.78, 5) is 12.3. The number of benzene rings is 1. The van der Waals surface area contributed by atoms with Crippen LogP contribution in [0.15, 0.2) is 35.5 Å². The SMILES string of the molecule is CNC1=C(Cc2ccc(C(F)(F)F)cc2)C(=O)OC12CCCCC2. The lowest BCUT2D eigenvalue weighted by molar-refractivity contribution is -0.149. The highest BCUT2D eigenvalue weighted by molar-refractivity contribution is 5.93. The molecule has 3 rings (SSSR count). The van der Waals surface area contributed by atoms with Gasteiger partial charge in [0.1, 0.15) is 0 Å². The van der Waals surface area contributed by atoms with Gasteiger partial charge in [-0.3, -0.25) is 0 Å². The molecule has 1 aliphatic heterocycles. The Hall–Kier alpha value is -1.98. The molecule has 2 aliphatic rings. The zero-order valence-corrected chi connectivity index (χ0v) is 13.5. The van der Waals surface area contributed by atoms with Gasteiger partial charge in [0, 0.05) is 13.5 Å². The van der Waals surface area contributed by atoms with E-state index in [9.17, 15) is 18.0 Å². The molecule has 0 unspecified atom stereocenters. The van der Waals surface area contributed by atoms with Crippen LogP contribution in [0.5, 0.6) is 0 Å². The van der Waals surface area contributed by atoms with E-state index >= 15 is 0 Å². The molecule has 0 bridgehead atoms. The van der Waals surface area contributed by atoms with Crippen molar-refractivity contribution in [2.75, 3.05) is 7.05 Å². The van der Waals surface area contributed by atoms with E-state index in [1.165, 1.54) is 12.1 Å². The van der Waals surface area contributed by atoms with Crippen molar-refractivity contribution in [1.29, 1.82) is 0 Å². The topological polar surface area (TPSA) is 38.3 Å². The Labute approximate surface area is 138 Å². The van der Waals surface area contributed by atoms with Gasteiger partial charge in [0.15, 0.2) is 5.60 Å². The van der Waals surface area contributed by atoms with Gasteiger partial charge in [-0.1, -0.05) is 18.6 Å². The van der Waals surface area contributed by atoms with E-state index in [1.54, 1.807) is 7.05 Å². The Morgan fingerprint density at radius 3 is 2.29 bits per heavy atom. The van der Waals surface area contributed by atoms with Gasteiger partial charge < -0.3 is 10.1 Å². The molecular weight excluding hydrogens is 319 g/mol. The Kier molecular flexibility index (Phi) is 4.32. The highest BCUT2D eigenvalue weighted by Gasteiger charge is 2.47. The molecule has 1 N–H and O–H groups in total. The number of carbonyl (C=O) groups excluding carboxylic acids is 1. The Morgan fingerprint density at radius 2 is 1.75 bits per heavy atom. The van der Waals surface area contributed by atoms with Crippen molar-refractivity contribution < 1.29 is 22.7 Å². The predicted octanol–water partition coefficient (Wildman–Crippen LogP) is 3.98. The first-order chi connectivity index (χ1) is 11.4. The van der Waals surface area contributed by atoms with Gasteiger partial charge in [0.2, 0.25) is 0 Å². The average molecular weight is 339 g/mol. The average Bonchev–Trinajstić information content (AvgIpc) is 2.78. The lowest BCUT2D eigenvalue weighted by Crippen LogP contribution is -2.38. The summed E-state index contributed by atoms with van der Waals surface area (Å²) >= 11 is 0. The molecule has 1 spiro atoms. The van der Waals surface area contributed by atoms with Crippen molar-refractivity contribution in [3.63, 3.8) is 0 Å². The number of halogens is 3. The van der Waals surface area contributed by atoms with E-state index in [0.717, 1.165) is 49.9 Å². The zero-order chi connectivity index (χ0) is 17.4. The van der Waals surface area contributed by atoms with Gasteiger partial charge in [-0.25, -0.2) is 4.79 Å². The van der Waals surface area contributed by atoms with Crippen LogP contribution in [0.2, 0.25) is 0 Å². The number of likely N-dealkylation sites (N-methyl/N-ethyl adjacent to an activating group) is 1. The number of hydrogen-bond donors (Lipinski definition) is 1. The van der Waals surface area contributed by atoms with Gasteiger partial charge in [-0.05, 0) is 43.4 Å². The number of alkyl halides is 3. The molecule has 6 heteroatoms. The molecule has 0 aromatic heterocycles. The van der Waals surface area contributed by atoms with Gasteiger partial charge in [-0.2, -0.15) is 13.2 Å². The fourth-order valence-electron chi connectivity index (χ4n) is 3.70. The maximum Gasteiger partial charge on any atom is 0.416 e. The number of rotatable bonds is 3. The molecule has 3 nitrogen and oxygen atoms in total. The third-order valence-corrected chi connectivity index (χ3v) is 4.87. The van der Waals surface area contributed by atoms with Crippen molar-refractivity contribution >= 4 is 5.97 Å². The summed E-state index contributed by atoms with van der Waals surface area (Å²) in [5.41, 5.74) is 0.736. The number of nitrogens with one attached hydrogen (secondary N) is 1. The largest absolute Gasteiger partial charge is 0.449 e. The van der Waals surface area contributed by atoms with Gasteiger partial charge in [0.25, 0.3) is 0 Å². The van der Waals surface area contributed by atoms with E-state index in [-0.39, 0.29) is 12.4 Å². The highest BCUT2D eigenvalue weighted by atomic mass is 19.4. The minimum absolute atomic E-state index is 0.273. The lowest BCUT2D eigenvalue weighted by Gasteiger charge is -2.34. The van der Waals surface area contributed by atoms with Crippen LogP contribution < -0.4 is 5.32 Å². The van der Waals surface area contributed by atoms with Crippen molar-refractivity contribution in [1.82, 2.24) is 5.32 Å². The molecule has 1 aromatic rings. The molecule has 0 saturated heterocycles. The van der Waals surface area contributed by atoms with E-state index in [0.29, 0.717) is 11.1 Å². The first-order valence-electron chi connectivity index (χ1n) is 8.16. The number of ether oxygens (including phenoxy) is 1. The lowest BCUT2D eigenvalue weighted by atomic mass is 9.81. The molecule has 1 aliphatic carbocycles. The monoisotopic (exact) mass is 339 g/mol. The van der Waals surface area contributed by atoms with Gasteiger partial charge in [-0.15, -0.1) is 0 Å². The third-order valence-electron chi connectivity index (χ3n) is 4.87. The molecule has 0 atom stereocenters. The number of carbonyl (C=O) groups is 1. The van der Waals surface area contributed by atoms with Crippen LogP contribution in [-0.4, -0.2) is 18.6 Å². The first-order valence-corrected chi connectivity index (χ1v) is 8.16. The fraction of sp³-hybridized carbons (Fsp3) is 0.500. The van der Waals surface area contributed by atoms with Crippen LogP contribution in [0, 0.1) is 0 Å². The second-order valence-corrected chi connectivity index (χ2v) is 6.42. The summed E-state index contributed by atoms with van der Waals surface area (Å²) in [6, 6.07) is 4.93. The van der Waals surface area contributed by atoms with E-state index in [2.05, 4.69) is 5.32 Å². The summed E-state index contributed by atoms with van der Waals surface area (Å²) in [6.07, 6.45) is 0.653. The maximum atomic E-state index is 12.6. The number of hydrogen-bond acceptors (Lipinski definition) is 3. The van der Waals surface area contributed by atoms with Crippen LogP contribution >= 0.6 is 0 Å². The standard InChI is InChI=1S/C18H20F3NO2/c1-22-15-14(16(23)24-17(15)9-3-2-4-10-17)11-12-5-7-13(8-6-12)18(19,20)21/h5-8,22H,2-4,9-11H2,1H3. The van der Waals surface area contributed by atoms with E-state index < -0.39 is 17.3 Å². The Balaban J connectivity index is 1.87. The van der Waals surface area contributed by atoms with Crippen LogP contribution in [0.3, 0.4) is 0 Å². The van der Waals surface area contributed by atoms with E-state index in [1.807, 2.05) is 0 Å². The minimum Gasteiger partial charge on any atom is -0.449 e. The smallest absolute Gasteiger partial charge is 0.416 e. The summed E-state index contributed by atoms with van der Waals surface area (Å²) in [6.45, 7) is 0. The number of esters is 1. The molecule has 1 saturated carbocycles.